The SMILES string of the molecule is COc1ccc(-c2csc(-n3[nH]c(C)c(N=Nc4ccc([N+](=O)[O-])cc4)c3=O)n2)cc1. The number of azo groups is 1. The fourth-order valence-electron chi connectivity index (χ4n) is 2.80. The van der Waals surface area contributed by atoms with Crippen molar-refractivity contribution in [3.63, 3.8) is 0 Å². The third-order valence-corrected chi connectivity index (χ3v) is 5.26. The summed E-state index contributed by atoms with van der Waals surface area (Å²) >= 11 is 1.32. The topological polar surface area (TPSA) is 128 Å². The lowest BCUT2D eigenvalue weighted by Crippen LogP contribution is -2.13. The standard InChI is InChI=1S/C20H16N6O4S/c1-12-18(23-22-14-5-7-15(8-6-14)26(28)29)19(27)25(24-12)20-21-17(11-31-20)13-3-9-16(30-2)10-4-13/h3-11,24H,1-2H3. The molecular formula is C20H16N6O4S. The van der Waals surface area contributed by atoms with Gasteiger partial charge in [-0.25, -0.2) is 4.98 Å². The van der Waals surface area contributed by atoms with Crippen molar-refractivity contribution in [3.05, 3.63) is 80.1 Å². The first-order chi connectivity index (χ1) is 15.0. The second-order valence-corrected chi connectivity index (χ2v) is 7.28. The van der Waals surface area contributed by atoms with Gasteiger partial charge < -0.3 is 4.74 Å². The number of non-ortho nitro benzene ring substituents is 1. The Morgan fingerprint density at radius 2 is 1.84 bits per heavy atom. The zero-order valence-corrected chi connectivity index (χ0v) is 17.3. The number of aromatic amines is 1. The van der Waals surface area contributed by atoms with Crippen LogP contribution in [0.2, 0.25) is 0 Å². The molecule has 0 fully saturated rings. The largest absolute Gasteiger partial charge is 0.497 e. The van der Waals surface area contributed by atoms with Crippen molar-refractivity contribution in [3.8, 4) is 22.1 Å². The molecular weight excluding hydrogens is 420 g/mol. The van der Waals surface area contributed by atoms with Crippen LogP contribution in [0.4, 0.5) is 17.1 Å². The third kappa shape index (κ3) is 4.12. The number of nitrogens with one attached hydrogen (secondary N) is 1. The number of hydrogen-bond acceptors (Lipinski definition) is 8. The average molecular weight is 436 g/mol. The van der Waals surface area contributed by atoms with Gasteiger partial charge in [0.05, 0.1) is 29.1 Å². The number of ether oxygens (including phenoxy) is 1. The molecule has 2 heterocycles. The van der Waals surface area contributed by atoms with Crippen LogP contribution in [0, 0.1) is 17.0 Å². The van der Waals surface area contributed by atoms with Crippen molar-refractivity contribution in [1.82, 2.24) is 14.8 Å². The predicted octanol–water partition coefficient (Wildman–Crippen LogP) is 4.93. The van der Waals surface area contributed by atoms with Crippen LogP contribution >= 0.6 is 11.3 Å². The van der Waals surface area contributed by atoms with Gasteiger partial charge in [-0.1, -0.05) is 0 Å². The lowest BCUT2D eigenvalue weighted by Gasteiger charge is -2.00. The summed E-state index contributed by atoms with van der Waals surface area (Å²) in [6, 6.07) is 13.1. The van der Waals surface area contributed by atoms with Crippen molar-refractivity contribution in [2.24, 2.45) is 10.2 Å². The summed E-state index contributed by atoms with van der Waals surface area (Å²) in [7, 11) is 1.60. The number of rotatable bonds is 6. The van der Waals surface area contributed by atoms with Crippen molar-refractivity contribution >= 4 is 28.4 Å². The van der Waals surface area contributed by atoms with E-state index in [1.807, 2.05) is 29.6 Å². The smallest absolute Gasteiger partial charge is 0.301 e. The molecule has 4 rings (SSSR count). The lowest BCUT2D eigenvalue weighted by atomic mass is 10.2. The minimum absolute atomic E-state index is 0.0458. The maximum Gasteiger partial charge on any atom is 0.301 e. The van der Waals surface area contributed by atoms with Crippen LogP contribution in [-0.4, -0.2) is 26.8 Å². The molecule has 0 aliphatic heterocycles. The molecule has 0 saturated heterocycles. The second kappa shape index (κ2) is 8.32. The molecule has 0 amide bonds. The van der Waals surface area contributed by atoms with Gasteiger partial charge in [0, 0.05) is 23.1 Å². The third-order valence-electron chi connectivity index (χ3n) is 4.44. The Bertz CT molecular complexity index is 1320. The van der Waals surface area contributed by atoms with E-state index in [0.717, 1.165) is 17.0 Å². The summed E-state index contributed by atoms with van der Waals surface area (Å²) in [6.45, 7) is 1.71. The van der Waals surface area contributed by atoms with Gasteiger partial charge in [0.2, 0.25) is 5.13 Å². The number of H-pyrrole nitrogens is 1. The van der Waals surface area contributed by atoms with Crippen molar-refractivity contribution in [2.45, 2.75) is 6.92 Å². The minimum Gasteiger partial charge on any atom is -0.497 e. The number of thiazole rings is 1. The molecule has 0 aliphatic carbocycles. The number of aryl methyl sites for hydroxylation is 1. The number of nitrogens with zero attached hydrogens (tertiary/aromatic N) is 5. The summed E-state index contributed by atoms with van der Waals surface area (Å²) in [5.41, 5.74) is 2.26. The van der Waals surface area contributed by atoms with E-state index < -0.39 is 10.5 Å². The maximum absolute atomic E-state index is 12.8. The summed E-state index contributed by atoms with van der Waals surface area (Å²) in [5.74, 6) is 0.749. The van der Waals surface area contributed by atoms with E-state index in [-0.39, 0.29) is 11.4 Å². The Morgan fingerprint density at radius 1 is 1.13 bits per heavy atom. The highest BCUT2D eigenvalue weighted by Gasteiger charge is 2.15. The molecule has 156 valence electrons. The van der Waals surface area contributed by atoms with Crippen LogP contribution in [0.1, 0.15) is 5.69 Å². The molecule has 2 aromatic carbocycles. The molecule has 0 atom stereocenters. The van der Waals surface area contributed by atoms with Gasteiger partial charge in [-0.3, -0.25) is 20.0 Å². The zero-order valence-electron chi connectivity index (χ0n) is 16.5. The fraction of sp³-hybridized carbons (Fsp3) is 0.100. The van der Waals surface area contributed by atoms with Gasteiger partial charge >= 0.3 is 5.56 Å². The van der Waals surface area contributed by atoms with Gasteiger partial charge in [-0.15, -0.1) is 16.5 Å². The minimum atomic E-state index is -0.496. The van der Waals surface area contributed by atoms with E-state index in [4.69, 9.17) is 4.74 Å². The number of benzene rings is 2. The first kappa shape index (κ1) is 20.2. The lowest BCUT2D eigenvalue weighted by molar-refractivity contribution is -0.384. The number of nitro groups is 1. The molecule has 1 N–H and O–H groups in total. The van der Waals surface area contributed by atoms with Gasteiger partial charge in [0.15, 0.2) is 5.69 Å². The summed E-state index contributed by atoms with van der Waals surface area (Å²) in [4.78, 5) is 27.6. The number of methoxy groups -OCH3 is 1. The Morgan fingerprint density at radius 3 is 2.48 bits per heavy atom. The van der Waals surface area contributed by atoms with Crippen molar-refractivity contribution < 1.29 is 9.66 Å². The van der Waals surface area contributed by atoms with Gasteiger partial charge in [0.25, 0.3) is 5.69 Å². The summed E-state index contributed by atoms with van der Waals surface area (Å²) < 4.78 is 6.48. The van der Waals surface area contributed by atoms with Gasteiger partial charge in [-0.05, 0) is 43.3 Å². The monoisotopic (exact) mass is 436 g/mol. The molecule has 0 spiro atoms. The predicted molar refractivity (Wildman–Crippen MR) is 116 cm³/mol. The van der Waals surface area contributed by atoms with Crippen molar-refractivity contribution in [2.75, 3.05) is 7.11 Å². The fourth-order valence-corrected chi connectivity index (χ4v) is 3.59. The summed E-state index contributed by atoms with van der Waals surface area (Å²) in [6.07, 6.45) is 0. The van der Waals surface area contributed by atoms with Crippen LogP contribution in [0.25, 0.3) is 16.4 Å². The number of hydrogen-bond donors (Lipinski definition) is 1. The molecule has 0 saturated carbocycles. The Balaban J connectivity index is 1.60. The molecule has 31 heavy (non-hydrogen) atoms. The van der Waals surface area contributed by atoms with E-state index in [1.54, 1.807) is 14.0 Å². The number of nitro benzene ring substituents is 1. The van der Waals surface area contributed by atoms with Crippen LogP contribution in [-0.2, 0) is 0 Å². The normalized spacial score (nSPS) is 11.2. The van der Waals surface area contributed by atoms with E-state index in [9.17, 15) is 14.9 Å². The highest BCUT2D eigenvalue weighted by Crippen LogP contribution is 2.26. The number of aromatic nitrogens is 3. The molecule has 0 aliphatic rings. The molecule has 0 radical (unpaired) electrons. The Hall–Kier alpha value is -4.12. The zero-order chi connectivity index (χ0) is 22.0. The van der Waals surface area contributed by atoms with Gasteiger partial charge in [0.1, 0.15) is 5.75 Å². The molecule has 0 bridgehead atoms. The molecule has 11 heteroatoms. The van der Waals surface area contributed by atoms with Crippen LogP contribution in [0.15, 0.2) is 68.9 Å². The van der Waals surface area contributed by atoms with E-state index in [0.29, 0.717) is 16.5 Å². The van der Waals surface area contributed by atoms with E-state index in [2.05, 4.69) is 20.3 Å². The first-order valence-corrected chi connectivity index (χ1v) is 9.92. The van der Waals surface area contributed by atoms with E-state index >= 15 is 0 Å². The maximum atomic E-state index is 12.8. The van der Waals surface area contributed by atoms with Crippen LogP contribution in [0.3, 0.4) is 0 Å². The van der Waals surface area contributed by atoms with E-state index in [1.165, 1.54) is 40.3 Å². The highest BCUT2D eigenvalue weighted by atomic mass is 32.1. The Labute approximate surface area is 179 Å². The Kier molecular flexibility index (Phi) is 5.41. The summed E-state index contributed by atoms with van der Waals surface area (Å²) in [5, 5.41) is 24.1. The van der Waals surface area contributed by atoms with Gasteiger partial charge in [-0.2, -0.15) is 9.80 Å². The second-order valence-electron chi connectivity index (χ2n) is 6.44. The molecule has 4 aromatic rings. The molecule has 10 nitrogen and oxygen atoms in total. The van der Waals surface area contributed by atoms with Crippen LogP contribution in [0.5, 0.6) is 5.75 Å². The van der Waals surface area contributed by atoms with Crippen LogP contribution < -0.4 is 10.3 Å². The highest BCUT2D eigenvalue weighted by molar-refractivity contribution is 7.12. The molecule has 0 unspecified atom stereocenters. The van der Waals surface area contributed by atoms with Crippen molar-refractivity contribution in [1.29, 1.82) is 0 Å². The molecule has 2 aromatic heterocycles. The average Bonchev–Trinajstić information content (AvgIpc) is 3.37. The quantitative estimate of drug-likeness (QED) is 0.260. The first-order valence-electron chi connectivity index (χ1n) is 9.04.